The molecule has 0 radical (unpaired) electrons. The maximum Gasteiger partial charge on any atom is 0.251 e. The lowest BCUT2D eigenvalue weighted by Gasteiger charge is -2.21. The second-order valence-electron chi connectivity index (χ2n) is 7.63. The number of hydrogen-bond donors (Lipinski definition) is 2. The first-order chi connectivity index (χ1) is 12.6. The Hall–Kier alpha value is -1.88. The Bertz CT molecular complexity index is 608. The monoisotopic (exact) mass is 358 g/mol. The highest BCUT2D eigenvalue weighted by molar-refractivity contribution is 5.96. The molecule has 0 heterocycles. The molecular weight excluding hydrogens is 328 g/mol. The average molecular weight is 358 g/mol. The fourth-order valence-corrected chi connectivity index (χ4v) is 3.49. The van der Waals surface area contributed by atoms with E-state index in [1.165, 1.54) is 32.1 Å². The number of benzene rings is 1. The molecule has 2 aliphatic rings. The lowest BCUT2D eigenvalue weighted by molar-refractivity contribution is -0.117. The van der Waals surface area contributed by atoms with Crippen LogP contribution in [0.25, 0.3) is 0 Å². The van der Waals surface area contributed by atoms with Gasteiger partial charge in [-0.15, -0.1) is 0 Å². The predicted octanol–water partition coefficient (Wildman–Crippen LogP) is 3.75. The topological polar surface area (TPSA) is 67.4 Å². The van der Waals surface area contributed by atoms with Crippen LogP contribution < -0.4 is 10.6 Å². The molecule has 3 rings (SSSR count). The van der Waals surface area contributed by atoms with Crippen molar-refractivity contribution in [3.8, 4) is 0 Å². The number of rotatable bonds is 8. The van der Waals surface area contributed by atoms with Crippen molar-refractivity contribution in [2.24, 2.45) is 11.8 Å². The summed E-state index contributed by atoms with van der Waals surface area (Å²) in [5, 5.41) is 5.83. The van der Waals surface area contributed by atoms with E-state index in [1.54, 1.807) is 24.3 Å². The minimum absolute atomic E-state index is 0.0765. The van der Waals surface area contributed by atoms with Crippen LogP contribution in [0.15, 0.2) is 24.3 Å². The van der Waals surface area contributed by atoms with Gasteiger partial charge in [0.2, 0.25) is 5.91 Å². The number of carbonyl (C=O) groups is 2. The first kappa shape index (κ1) is 18.9. The van der Waals surface area contributed by atoms with E-state index in [4.69, 9.17) is 4.74 Å². The van der Waals surface area contributed by atoms with Crippen LogP contribution in [-0.2, 0) is 9.53 Å². The number of carbonyl (C=O) groups excluding carboxylic acids is 2. The van der Waals surface area contributed by atoms with Gasteiger partial charge in [0.25, 0.3) is 5.91 Å². The van der Waals surface area contributed by atoms with Crippen molar-refractivity contribution < 1.29 is 14.3 Å². The van der Waals surface area contributed by atoms with Crippen LogP contribution in [0.1, 0.15) is 62.2 Å². The third kappa shape index (κ3) is 5.56. The summed E-state index contributed by atoms with van der Waals surface area (Å²) in [5.41, 5.74) is 1.35. The lowest BCUT2D eigenvalue weighted by Crippen LogP contribution is -2.26. The largest absolute Gasteiger partial charge is 0.378 e. The number of hydrogen-bond acceptors (Lipinski definition) is 3. The van der Waals surface area contributed by atoms with Gasteiger partial charge in [-0.1, -0.05) is 26.2 Å². The number of ether oxygens (including phenoxy) is 1. The molecule has 2 amide bonds. The summed E-state index contributed by atoms with van der Waals surface area (Å²) in [6, 6.07) is 7.07. The van der Waals surface area contributed by atoms with Gasteiger partial charge in [-0.2, -0.15) is 0 Å². The van der Waals surface area contributed by atoms with E-state index in [9.17, 15) is 9.59 Å². The van der Waals surface area contributed by atoms with E-state index in [0.29, 0.717) is 30.7 Å². The van der Waals surface area contributed by atoms with Gasteiger partial charge in [0.1, 0.15) is 0 Å². The number of nitrogens with one attached hydrogen (secondary N) is 2. The Balaban J connectivity index is 1.33. The Morgan fingerprint density at radius 2 is 1.81 bits per heavy atom. The fourth-order valence-electron chi connectivity index (χ4n) is 3.49. The van der Waals surface area contributed by atoms with Crippen molar-refractivity contribution in [2.45, 2.75) is 58.0 Å². The highest BCUT2D eigenvalue weighted by Gasteiger charge is 2.39. The molecule has 1 aromatic carbocycles. The van der Waals surface area contributed by atoms with Gasteiger partial charge in [0.15, 0.2) is 0 Å². The first-order valence-electron chi connectivity index (χ1n) is 9.94. The highest BCUT2D eigenvalue weighted by atomic mass is 16.5. The fraction of sp³-hybridized carbons (Fsp3) is 0.619. The summed E-state index contributed by atoms with van der Waals surface area (Å²) in [4.78, 5) is 24.1. The summed E-state index contributed by atoms with van der Waals surface area (Å²) in [7, 11) is 0. The second kappa shape index (κ2) is 9.17. The first-order valence-corrected chi connectivity index (χ1v) is 9.94. The SMILES string of the molecule is C[C@H]1C[C@H]1C(=O)Nc1ccc(C(=O)NCCCOC2CCCCC2)cc1. The Morgan fingerprint density at radius 1 is 1.12 bits per heavy atom. The van der Waals surface area contributed by atoms with E-state index in [1.807, 2.05) is 0 Å². The van der Waals surface area contributed by atoms with Gasteiger partial charge in [-0.25, -0.2) is 0 Å². The molecule has 0 aliphatic heterocycles. The molecule has 0 spiro atoms. The van der Waals surface area contributed by atoms with Crippen molar-refractivity contribution in [1.29, 1.82) is 0 Å². The van der Waals surface area contributed by atoms with Crippen LogP contribution in [0.3, 0.4) is 0 Å². The maximum absolute atomic E-state index is 12.2. The number of amides is 2. The van der Waals surface area contributed by atoms with E-state index < -0.39 is 0 Å². The minimum Gasteiger partial charge on any atom is -0.378 e. The van der Waals surface area contributed by atoms with Crippen LogP contribution in [0.4, 0.5) is 5.69 Å². The molecule has 2 saturated carbocycles. The molecule has 2 N–H and O–H groups in total. The van der Waals surface area contributed by atoms with Crippen LogP contribution in [0, 0.1) is 11.8 Å². The summed E-state index contributed by atoms with van der Waals surface area (Å²) in [6.07, 6.45) is 8.45. The highest BCUT2D eigenvalue weighted by Crippen LogP contribution is 2.38. The molecule has 5 nitrogen and oxygen atoms in total. The summed E-state index contributed by atoms with van der Waals surface area (Å²) in [5.74, 6) is 0.625. The molecule has 0 saturated heterocycles. The average Bonchev–Trinajstić information content (AvgIpc) is 3.40. The predicted molar refractivity (Wildman–Crippen MR) is 102 cm³/mol. The van der Waals surface area contributed by atoms with Crippen molar-refractivity contribution in [3.63, 3.8) is 0 Å². The van der Waals surface area contributed by atoms with E-state index in [-0.39, 0.29) is 17.7 Å². The standard InChI is InChI=1S/C21H30N2O3/c1-15-14-19(15)21(25)23-17-10-8-16(9-11-17)20(24)22-12-5-13-26-18-6-3-2-4-7-18/h8-11,15,18-19H,2-7,12-14H2,1H3,(H,22,24)(H,23,25)/t15-,19+/m0/s1. The van der Waals surface area contributed by atoms with Gasteiger partial charge < -0.3 is 15.4 Å². The van der Waals surface area contributed by atoms with Crippen molar-refractivity contribution in [2.75, 3.05) is 18.5 Å². The zero-order valence-corrected chi connectivity index (χ0v) is 15.6. The summed E-state index contributed by atoms with van der Waals surface area (Å²) < 4.78 is 5.86. The van der Waals surface area contributed by atoms with Gasteiger partial charge in [-0.05, 0) is 55.9 Å². The summed E-state index contributed by atoms with van der Waals surface area (Å²) in [6.45, 7) is 3.40. The lowest BCUT2D eigenvalue weighted by atomic mass is 9.98. The zero-order chi connectivity index (χ0) is 18.4. The van der Waals surface area contributed by atoms with Crippen molar-refractivity contribution in [1.82, 2.24) is 5.32 Å². The summed E-state index contributed by atoms with van der Waals surface area (Å²) >= 11 is 0. The molecule has 5 heteroatoms. The Kier molecular flexibility index (Phi) is 6.67. The normalized spacial score (nSPS) is 22.7. The van der Waals surface area contributed by atoms with E-state index in [2.05, 4.69) is 17.6 Å². The quantitative estimate of drug-likeness (QED) is 0.696. The van der Waals surface area contributed by atoms with Crippen LogP contribution in [0.5, 0.6) is 0 Å². The molecule has 0 aromatic heterocycles. The molecule has 142 valence electrons. The smallest absolute Gasteiger partial charge is 0.251 e. The minimum atomic E-state index is -0.0867. The van der Waals surface area contributed by atoms with Crippen LogP contribution >= 0.6 is 0 Å². The molecule has 0 bridgehead atoms. The van der Waals surface area contributed by atoms with E-state index >= 15 is 0 Å². The molecule has 26 heavy (non-hydrogen) atoms. The van der Waals surface area contributed by atoms with Crippen molar-refractivity contribution >= 4 is 17.5 Å². The molecular formula is C21H30N2O3. The molecule has 2 aliphatic carbocycles. The third-order valence-corrected chi connectivity index (χ3v) is 5.37. The van der Waals surface area contributed by atoms with Crippen molar-refractivity contribution in [3.05, 3.63) is 29.8 Å². The third-order valence-electron chi connectivity index (χ3n) is 5.37. The van der Waals surface area contributed by atoms with Gasteiger partial charge >= 0.3 is 0 Å². The molecule has 2 atom stereocenters. The van der Waals surface area contributed by atoms with E-state index in [0.717, 1.165) is 18.5 Å². The van der Waals surface area contributed by atoms with Gasteiger partial charge in [0, 0.05) is 30.3 Å². The Morgan fingerprint density at radius 3 is 2.46 bits per heavy atom. The number of anilines is 1. The molecule has 0 unspecified atom stereocenters. The van der Waals surface area contributed by atoms with Gasteiger partial charge in [-0.3, -0.25) is 9.59 Å². The molecule has 1 aromatic rings. The van der Waals surface area contributed by atoms with Gasteiger partial charge in [0.05, 0.1) is 6.10 Å². The molecule has 2 fully saturated rings. The second-order valence-corrected chi connectivity index (χ2v) is 7.63. The maximum atomic E-state index is 12.2. The zero-order valence-electron chi connectivity index (χ0n) is 15.6. The van der Waals surface area contributed by atoms with Crippen LogP contribution in [-0.4, -0.2) is 31.1 Å². The Labute approximate surface area is 155 Å². The van der Waals surface area contributed by atoms with Crippen LogP contribution in [0.2, 0.25) is 0 Å².